The van der Waals surface area contributed by atoms with Crippen LogP contribution < -0.4 is 21.9 Å². The van der Waals surface area contributed by atoms with Crippen LogP contribution in [0, 0.1) is 5.95 Å². The summed E-state index contributed by atoms with van der Waals surface area (Å²) in [5.74, 6) is -0.472. The van der Waals surface area contributed by atoms with Gasteiger partial charge in [-0.3, -0.25) is 0 Å². The minimum absolute atomic E-state index is 0.153. The zero-order chi connectivity index (χ0) is 15.5. The van der Waals surface area contributed by atoms with Crippen LogP contribution in [0.5, 0.6) is 0 Å². The zero-order valence-corrected chi connectivity index (χ0v) is 12.5. The van der Waals surface area contributed by atoms with E-state index in [4.69, 9.17) is 5.73 Å². The van der Waals surface area contributed by atoms with Crippen LogP contribution in [-0.4, -0.2) is 22.6 Å². The first-order chi connectivity index (χ1) is 10.7. The monoisotopic (exact) mass is 304 g/mol. The Morgan fingerprint density at radius 1 is 1.41 bits per heavy atom. The molecule has 0 saturated heterocycles. The van der Waals surface area contributed by atoms with Gasteiger partial charge in [0.2, 0.25) is 5.95 Å². The number of hydrazine groups is 1. The highest BCUT2D eigenvalue weighted by Crippen LogP contribution is 2.24. The Morgan fingerprint density at radius 3 is 3.05 bits per heavy atom. The van der Waals surface area contributed by atoms with E-state index in [1.807, 2.05) is 18.5 Å². The summed E-state index contributed by atoms with van der Waals surface area (Å²) in [5, 5.41) is 3.20. The van der Waals surface area contributed by atoms with Gasteiger partial charge < -0.3 is 21.4 Å². The van der Waals surface area contributed by atoms with Crippen LogP contribution in [0.15, 0.2) is 41.9 Å². The summed E-state index contributed by atoms with van der Waals surface area (Å²) in [5.41, 5.74) is 15.2. The Kier molecular flexibility index (Phi) is 4.26. The van der Waals surface area contributed by atoms with Gasteiger partial charge in [-0.15, -0.1) is 0 Å². The second-order valence-electron chi connectivity index (χ2n) is 5.44. The number of rotatable bonds is 5. The molecule has 5 N–H and O–H groups in total. The first kappa shape index (κ1) is 14.8. The van der Waals surface area contributed by atoms with E-state index < -0.39 is 5.95 Å². The summed E-state index contributed by atoms with van der Waals surface area (Å²) in [4.78, 5) is 6.03. The quantitative estimate of drug-likeness (QED) is 0.609. The van der Waals surface area contributed by atoms with Gasteiger partial charge >= 0.3 is 0 Å². The lowest BCUT2D eigenvalue weighted by molar-refractivity contribution is 0.291. The molecule has 0 bridgehead atoms. The van der Waals surface area contributed by atoms with E-state index in [2.05, 4.69) is 33.0 Å². The Balaban J connectivity index is 1.78. The number of nitrogens with zero attached hydrogens (tertiary/aromatic N) is 2. The van der Waals surface area contributed by atoms with Crippen molar-refractivity contribution in [3.63, 3.8) is 0 Å². The molecule has 6 nitrogen and oxygen atoms in total. The SMILES string of the molecule is CCCC1=C(CN2C=CNC2c2cccc(F)n2)NNC1N. The van der Waals surface area contributed by atoms with E-state index >= 15 is 0 Å². The van der Waals surface area contributed by atoms with Gasteiger partial charge in [-0.25, -0.2) is 10.4 Å². The molecule has 2 aliphatic heterocycles. The van der Waals surface area contributed by atoms with Crippen molar-refractivity contribution >= 4 is 0 Å². The van der Waals surface area contributed by atoms with Gasteiger partial charge in [0.15, 0.2) is 0 Å². The molecule has 0 fully saturated rings. The molecule has 3 rings (SSSR count). The van der Waals surface area contributed by atoms with Gasteiger partial charge in [0.1, 0.15) is 6.17 Å². The number of hydrogen-bond acceptors (Lipinski definition) is 6. The average molecular weight is 304 g/mol. The number of hydrogen-bond donors (Lipinski definition) is 4. The molecule has 2 aliphatic rings. The maximum absolute atomic E-state index is 13.3. The molecular formula is C15H21FN6. The highest BCUT2D eigenvalue weighted by Gasteiger charge is 2.27. The van der Waals surface area contributed by atoms with Crippen molar-refractivity contribution in [3.8, 4) is 0 Å². The van der Waals surface area contributed by atoms with Crippen molar-refractivity contribution in [3.05, 3.63) is 53.5 Å². The topological polar surface area (TPSA) is 78.2 Å². The van der Waals surface area contributed by atoms with Crippen LogP contribution in [0.4, 0.5) is 4.39 Å². The molecule has 0 saturated carbocycles. The predicted molar refractivity (Wildman–Crippen MR) is 82.1 cm³/mol. The van der Waals surface area contributed by atoms with Gasteiger partial charge in [-0.2, -0.15) is 4.39 Å². The van der Waals surface area contributed by atoms with Crippen molar-refractivity contribution in [2.75, 3.05) is 6.54 Å². The van der Waals surface area contributed by atoms with E-state index in [0.717, 1.165) is 18.5 Å². The highest BCUT2D eigenvalue weighted by atomic mass is 19.1. The number of nitrogens with one attached hydrogen (secondary N) is 3. The molecule has 118 valence electrons. The molecule has 0 aliphatic carbocycles. The third kappa shape index (κ3) is 2.90. The van der Waals surface area contributed by atoms with Crippen molar-refractivity contribution in [1.29, 1.82) is 0 Å². The normalized spacial score (nSPS) is 23.9. The van der Waals surface area contributed by atoms with Crippen LogP contribution in [0.2, 0.25) is 0 Å². The lowest BCUT2D eigenvalue weighted by Gasteiger charge is -2.26. The fourth-order valence-electron chi connectivity index (χ4n) is 2.81. The number of aromatic nitrogens is 1. The maximum atomic E-state index is 13.3. The lowest BCUT2D eigenvalue weighted by atomic mass is 10.1. The molecule has 22 heavy (non-hydrogen) atoms. The van der Waals surface area contributed by atoms with E-state index in [0.29, 0.717) is 12.2 Å². The molecule has 0 radical (unpaired) electrons. The first-order valence-electron chi connectivity index (χ1n) is 7.49. The van der Waals surface area contributed by atoms with Crippen molar-refractivity contribution in [1.82, 2.24) is 26.1 Å². The van der Waals surface area contributed by atoms with Gasteiger partial charge in [-0.1, -0.05) is 19.4 Å². The first-order valence-corrected chi connectivity index (χ1v) is 7.49. The van der Waals surface area contributed by atoms with Crippen LogP contribution in [0.3, 0.4) is 0 Å². The third-order valence-electron chi connectivity index (χ3n) is 3.87. The third-order valence-corrected chi connectivity index (χ3v) is 3.87. The zero-order valence-electron chi connectivity index (χ0n) is 12.5. The Bertz CT molecular complexity index is 599. The van der Waals surface area contributed by atoms with Gasteiger partial charge in [-0.05, 0) is 24.1 Å². The smallest absolute Gasteiger partial charge is 0.213 e. The average Bonchev–Trinajstić information content (AvgIpc) is 3.09. The fourth-order valence-corrected chi connectivity index (χ4v) is 2.81. The van der Waals surface area contributed by atoms with Crippen LogP contribution in [0.25, 0.3) is 0 Å². The summed E-state index contributed by atoms with van der Waals surface area (Å²) in [6, 6.07) is 4.83. The lowest BCUT2D eigenvalue weighted by Crippen LogP contribution is -2.40. The minimum Gasteiger partial charge on any atom is -0.365 e. The summed E-state index contributed by atoms with van der Waals surface area (Å²) < 4.78 is 13.3. The molecule has 2 unspecified atom stereocenters. The van der Waals surface area contributed by atoms with Gasteiger partial charge in [0.25, 0.3) is 0 Å². The van der Waals surface area contributed by atoms with Crippen molar-refractivity contribution in [2.45, 2.75) is 32.1 Å². The Morgan fingerprint density at radius 2 is 2.27 bits per heavy atom. The number of nitrogens with two attached hydrogens (primary N) is 1. The highest BCUT2D eigenvalue weighted by molar-refractivity contribution is 5.25. The predicted octanol–water partition coefficient (Wildman–Crippen LogP) is 1.04. The number of pyridine rings is 1. The summed E-state index contributed by atoms with van der Waals surface area (Å²) in [6.45, 7) is 2.79. The molecular weight excluding hydrogens is 283 g/mol. The molecule has 0 spiro atoms. The van der Waals surface area contributed by atoms with Crippen LogP contribution in [0.1, 0.15) is 31.6 Å². The largest absolute Gasteiger partial charge is 0.365 e. The van der Waals surface area contributed by atoms with Gasteiger partial charge in [0.05, 0.1) is 18.4 Å². The van der Waals surface area contributed by atoms with E-state index in [-0.39, 0.29) is 12.3 Å². The molecule has 0 aromatic carbocycles. The Labute approximate surface area is 129 Å². The van der Waals surface area contributed by atoms with Crippen LogP contribution in [-0.2, 0) is 0 Å². The summed E-state index contributed by atoms with van der Waals surface area (Å²) in [6.07, 6.45) is 5.45. The minimum atomic E-state index is -0.472. The van der Waals surface area contributed by atoms with Crippen molar-refractivity contribution < 1.29 is 4.39 Å². The Hall–Kier alpha value is -2.12. The molecule has 2 atom stereocenters. The second-order valence-corrected chi connectivity index (χ2v) is 5.44. The molecule has 1 aromatic rings. The van der Waals surface area contributed by atoms with Gasteiger partial charge in [0, 0.05) is 18.1 Å². The standard InChI is InChI=1S/C15H21FN6/c1-2-4-10-12(20-21-14(10)17)9-22-8-7-18-15(22)11-5-3-6-13(16)19-11/h3,5-8,14-15,18,20-21H,2,4,9,17H2,1H3. The fraction of sp³-hybridized carbons (Fsp3) is 0.400. The summed E-state index contributed by atoms with van der Waals surface area (Å²) >= 11 is 0. The van der Waals surface area contributed by atoms with E-state index in [1.54, 1.807) is 6.07 Å². The van der Waals surface area contributed by atoms with E-state index in [1.165, 1.54) is 11.6 Å². The number of halogens is 1. The maximum Gasteiger partial charge on any atom is 0.213 e. The molecule has 3 heterocycles. The van der Waals surface area contributed by atoms with Crippen molar-refractivity contribution in [2.24, 2.45) is 5.73 Å². The molecule has 1 aromatic heterocycles. The molecule has 0 amide bonds. The van der Waals surface area contributed by atoms with Crippen LogP contribution >= 0.6 is 0 Å². The molecule has 7 heteroatoms. The van der Waals surface area contributed by atoms with E-state index in [9.17, 15) is 4.39 Å². The summed E-state index contributed by atoms with van der Waals surface area (Å²) in [7, 11) is 0. The second kappa shape index (κ2) is 6.33.